The monoisotopic (exact) mass is 368 g/mol. The first kappa shape index (κ1) is 19.1. The van der Waals surface area contributed by atoms with E-state index < -0.39 is 0 Å². The number of rotatable bonds is 7. The van der Waals surface area contributed by atoms with Crippen molar-refractivity contribution in [1.82, 2.24) is 4.90 Å². The maximum absolute atomic E-state index is 13.1. The molecule has 27 heavy (non-hydrogen) atoms. The van der Waals surface area contributed by atoms with Crippen molar-refractivity contribution in [2.75, 3.05) is 25.0 Å². The normalized spacial score (nSPS) is 17.3. The number of carbonyl (C=O) groups is 1. The van der Waals surface area contributed by atoms with Gasteiger partial charge in [-0.1, -0.05) is 30.9 Å². The molecule has 1 fully saturated rings. The van der Waals surface area contributed by atoms with Gasteiger partial charge in [-0.15, -0.1) is 0 Å². The number of nitrogens with zero attached hydrogens (tertiary/aromatic N) is 1. The molecule has 0 radical (unpaired) electrons. The summed E-state index contributed by atoms with van der Waals surface area (Å²) in [6, 6.07) is 13.9. The van der Waals surface area contributed by atoms with Crippen LogP contribution < -0.4 is 10.1 Å². The Kier molecular flexibility index (Phi) is 6.60. The zero-order valence-electron chi connectivity index (χ0n) is 15.4. The molecule has 1 aliphatic heterocycles. The molecule has 1 N–H and O–H groups in total. The summed E-state index contributed by atoms with van der Waals surface area (Å²) in [5, 5.41) is 3.00. The lowest BCUT2D eigenvalue weighted by molar-refractivity contribution is -0.121. The molecule has 3 rings (SSSR count). The lowest BCUT2D eigenvalue weighted by Gasteiger charge is -2.32. The Morgan fingerprint density at radius 2 is 2.11 bits per heavy atom. The van der Waals surface area contributed by atoms with Crippen molar-refractivity contribution in [3.63, 3.8) is 0 Å². The maximum Gasteiger partial charge on any atom is 0.228 e. The number of benzene rings is 2. The first-order valence-electron chi connectivity index (χ1n) is 9.25. The summed E-state index contributed by atoms with van der Waals surface area (Å²) in [5.41, 5.74) is 1.79. The number of ether oxygens (including phenoxy) is 1. The Morgan fingerprint density at radius 3 is 2.89 bits per heavy atom. The van der Waals surface area contributed by atoms with Crippen LogP contribution in [0.1, 0.15) is 18.4 Å². The van der Waals surface area contributed by atoms with Gasteiger partial charge in [0, 0.05) is 24.8 Å². The lowest BCUT2D eigenvalue weighted by Crippen LogP contribution is -2.40. The second-order valence-corrected chi connectivity index (χ2v) is 6.82. The molecule has 1 amide bonds. The largest absolute Gasteiger partial charge is 0.489 e. The third-order valence-corrected chi connectivity index (χ3v) is 4.67. The Labute approximate surface area is 159 Å². The van der Waals surface area contributed by atoms with Crippen LogP contribution in [0.25, 0.3) is 0 Å². The maximum atomic E-state index is 13.1. The Balaban J connectivity index is 1.56. The number of hydrogen-bond acceptors (Lipinski definition) is 3. The number of anilines is 1. The first-order valence-corrected chi connectivity index (χ1v) is 9.25. The first-order chi connectivity index (χ1) is 13.1. The predicted octanol–water partition coefficient (Wildman–Crippen LogP) is 4.24. The SMILES string of the molecule is C=CCOc1cccc(NC(=O)[C@@H]2CCCN(Cc3ccc(F)cc3)C2)c1. The van der Waals surface area contributed by atoms with Crippen molar-refractivity contribution >= 4 is 11.6 Å². The van der Waals surface area contributed by atoms with Gasteiger partial charge in [-0.3, -0.25) is 9.69 Å². The van der Waals surface area contributed by atoms with Crippen molar-refractivity contribution < 1.29 is 13.9 Å². The van der Waals surface area contributed by atoms with Gasteiger partial charge in [-0.25, -0.2) is 4.39 Å². The van der Waals surface area contributed by atoms with Gasteiger partial charge in [0.1, 0.15) is 18.2 Å². The summed E-state index contributed by atoms with van der Waals surface area (Å²) >= 11 is 0. The molecule has 1 heterocycles. The third kappa shape index (κ3) is 5.66. The van der Waals surface area contributed by atoms with Gasteiger partial charge >= 0.3 is 0 Å². The fraction of sp³-hybridized carbons (Fsp3) is 0.318. The van der Waals surface area contributed by atoms with Crippen molar-refractivity contribution in [3.05, 3.63) is 72.6 Å². The molecule has 4 nitrogen and oxygen atoms in total. The van der Waals surface area contributed by atoms with Crippen LogP contribution in [0.3, 0.4) is 0 Å². The fourth-order valence-corrected chi connectivity index (χ4v) is 3.32. The van der Waals surface area contributed by atoms with E-state index in [1.165, 1.54) is 12.1 Å². The number of amides is 1. The van der Waals surface area contributed by atoms with E-state index in [2.05, 4.69) is 16.8 Å². The zero-order valence-corrected chi connectivity index (χ0v) is 15.4. The Bertz CT molecular complexity index is 776. The van der Waals surface area contributed by atoms with Crippen LogP contribution >= 0.6 is 0 Å². The number of piperidine rings is 1. The van der Waals surface area contributed by atoms with Gasteiger partial charge < -0.3 is 10.1 Å². The van der Waals surface area contributed by atoms with Crippen molar-refractivity contribution in [1.29, 1.82) is 0 Å². The standard InChI is InChI=1S/C22H25FN2O2/c1-2-13-27-21-7-3-6-20(14-21)24-22(26)18-5-4-12-25(16-18)15-17-8-10-19(23)11-9-17/h2-3,6-11,14,18H,1,4-5,12-13,15-16H2,(H,24,26)/t18-/m1/s1. The number of halogens is 1. The predicted molar refractivity (Wildman–Crippen MR) is 105 cm³/mol. The van der Waals surface area contributed by atoms with Crippen LogP contribution in [-0.4, -0.2) is 30.5 Å². The smallest absolute Gasteiger partial charge is 0.228 e. The molecule has 142 valence electrons. The third-order valence-electron chi connectivity index (χ3n) is 4.67. The van der Waals surface area contributed by atoms with Crippen LogP contribution in [-0.2, 0) is 11.3 Å². The van der Waals surface area contributed by atoms with Crippen LogP contribution in [0.2, 0.25) is 0 Å². The van der Waals surface area contributed by atoms with Gasteiger partial charge in [-0.05, 0) is 49.2 Å². The molecule has 0 bridgehead atoms. The molecule has 1 aliphatic rings. The average molecular weight is 368 g/mol. The molecule has 1 atom stereocenters. The average Bonchev–Trinajstić information content (AvgIpc) is 2.69. The summed E-state index contributed by atoms with van der Waals surface area (Å²) in [5.74, 6) is 0.444. The van der Waals surface area contributed by atoms with Crippen LogP contribution in [0.4, 0.5) is 10.1 Å². The van der Waals surface area contributed by atoms with Crippen LogP contribution in [0, 0.1) is 11.7 Å². The molecule has 0 spiro atoms. The van der Waals surface area contributed by atoms with E-state index in [0.717, 1.165) is 37.2 Å². The second kappa shape index (κ2) is 9.33. The Hall–Kier alpha value is -2.66. The second-order valence-electron chi connectivity index (χ2n) is 6.82. The highest BCUT2D eigenvalue weighted by Gasteiger charge is 2.26. The van der Waals surface area contributed by atoms with Gasteiger partial charge in [0.05, 0.1) is 5.92 Å². The molecular formula is C22H25FN2O2. The lowest BCUT2D eigenvalue weighted by atomic mass is 9.96. The molecule has 2 aromatic rings. The summed E-state index contributed by atoms with van der Waals surface area (Å²) in [6.45, 7) is 6.45. The minimum Gasteiger partial charge on any atom is -0.489 e. The molecule has 0 aromatic heterocycles. The zero-order chi connectivity index (χ0) is 19.1. The summed E-state index contributed by atoms with van der Waals surface area (Å²) < 4.78 is 18.6. The topological polar surface area (TPSA) is 41.6 Å². The van der Waals surface area contributed by atoms with E-state index in [0.29, 0.717) is 18.9 Å². The summed E-state index contributed by atoms with van der Waals surface area (Å²) in [6.07, 6.45) is 3.53. The van der Waals surface area contributed by atoms with Crippen LogP contribution in [0.5, 0.6) is 5.75 Å². The van der Waals surface area contributed by atoms with E-state index in [4.69, 9.17) is 4.74 Å². The molecule has 1 saturated heterocycles. The highest BCUT2D eigenvalue weighted by molar-refractivity contribution is 5.92. The highest BCUT2D eigenvalue weighted by atomic mass is 19.1. The van der Waals surface area contributed by atoms with Crippen LogP contribution in [0.15, 0.2) is 61.2 Å². The molecule has 5 heteroatoms. The molecule has 0 aliphatic carbocycles. The van der Waals surface area contributed by atoms with E-state index in [1.807, 2.05) is 24.3 Å². The molecule has 0 saturated carbocycles. The Morgan fingerprint density at radius 1 is 1.30 bits per heavy atom. The van der Waals surface area contributed by atoms with E-state index >= 15 is 0 Å². The summed E-state index contributed by atoms with van der Waals surface area (Å²) in [4.78, 5) is 14.9. The van der Waals surface area contributed by atoms with Crippen molar-refractivity contribution in [2.24, 2.45) is 5.92 Å². The number of likely N-dealkylation sites (tertiary alicyclic amines) is 1. The number of hydrogen-bond donors (Lipinski definition) is 1. The van der Waals surface area contributed by atoms with Gasteiger partial charge in [-0.2, -0.15) is 0 Å². The van der Waals surface area contributed by atoms with Crippen molar-refractivity contribution in [3.8, 4) is 5.75 Å². The van der Waals surface area contributed by atoms with E-state index in [-0.39, 0.29) is 17.6 Å². The minimum atomic E-state index is -0.228. The fourth-order valence-electron chi connectivity index (χ4n) is 3.32. The number of nitrogens with one attached hydrogen (secondary N) is 1. The molecule has 2 aromatic carbocycles. The molecular weight excluding hydrogens is 343 g/mol. The van der Waals surface area contributed by atoms with E-state index in [9.17, 15) is 9.18 Å². The summed E-state index contributed by atoms with van der Waals surface area (Å²) in [7, 11) is 0. The number of carbonyl (C=O) groups excluding carboxylic acids is 1. The van der Waals surface area contributed by atoms with Gasteiger partial charge in [0.2, 0.25) is 5.91 Å². The quantitative estimate of drug-likeness (QED) is 0.743. The minimum absolute atomic E-state index is 0.0275. The van der Waals surface area contributed by atoms with E-state index in [1.54, 1.807) is 18.2 Å². The highest BCUT2D eigenvalue weighted by Crippen LogP contribution is 2.22. The molecule has 0 unspecified atom stereocenters. The van der Waals surface area contributed by atoms with Gasteiger partial charge in [0.25, 0.3) is 0 Å². The van der Waals surface area contributed by atoms with Gasteiger partial charge in [0.15, 0.2) is 0 Å². The van der Waals surface area contributed by atoms with Crippen molar-refractivity contribution in [2.45, 2.75) is 19.4 Å².